The minimum Gasteiger partial charge on any atom is -0.439 e. The number of ether oxygens (including phenoxy) is 1. The number of aromatic nitrogens is 2. The number of imidazole rings is 1. The van der Waals surface area contributed by atoms with Crippen molar-refractivity contribution in [3.05, 3.63) is 96.2 Å². The lowest BCUT2D eigenvalue weighted by Crippen LogP contribution is -2.35. The van der Waals surface area contributed by atoms with Gasteiger partial charge in [0.15, 0.2) is 16.8 Å². The van der Waals surface area contributed by atoms with Gasteiger partial charge in [0.1, 0.15) is 0 Å². The standard InChI is InChI=1S/C32H32F3N3O7S2/c1-2-36-26-15-14-25(32(33,34)35)22-27(26)37(17-7-19-46(39,40)41)30(36)11-6-12-31-38(18-8-20-47(42,43)44)28-21-24(13-16-29(28)45-31)23-9-4-3-5-10-23/h3-6,9-16,21-22H,2,7-8,17-20H2,1H3,(H-,39,40,41,42,43,44)/p+1. The number of hydrogen-bond acceptors (Lipinski definition) is 6. The summed E-state index contributed by atoms with van der Waals surface area (Å²) in [7, 11) is -8.49. The fourth-order valence-electron chi connectivity index (χ4n) is 5.58. The molecule has 1 aliphatic rings. The molecule has 0 saturated heterocycles. The van der Waals surface area contributed by atoms with Crippen molar-refractivity contribution in [1.82, 2.24) is 4.57 Å². The maximum absolute atomic E-state index is 13.6. The quantitative estimate of drug-likeness (QED) is 0.138. The van der Waals surface area contributed by atoms with Crippen LogP contribution in [0.5, 0.6) is 5.75 Å². The Hall–Kier alpha value is -4.18. The predicted molar refractivity (Wildman–Crippen MR) is 172 cm³/mol. The molecule has 0 unspecified atom stereocenters. The molecule has 4 aromatic rings. The molecule has 0 radical (unpaired) electrons. The third-order valence-electron chi connectivity index (χ3n) is 7.64. The van der Waals surface area contributed by atoms with E-state index in [1.165, 1.54) is 6.07 Å². The molecule has 5 rings (SSSR count). The van der Waals surface area contributed by atoms with E-state index in [2.05, 4.69) is 0 Å². The van der Waals surface area contributed by atoms with E-state index in [9.17, 15) is 39.1 Å². The molecule has 2 heterocycles. The molecule has 15 heteroatoms. The molecule has 0 atom stereocenters. The predicted octanol–water partition coefficient (Wildman–Crippen LogP) is 5.94. The van der Waals surface area contributed by atoms with Crippen LogP contribution in [0.25, 0.3) is 28.2 Å². The van der Waals surface area contributed by atoms with Crippen LogP contribution in [0.1, 0.15) is 31.2 Å². The zero-order valence-corrected chi connectivity index (χ0v) is 26.9. The Morgan fingerprint density at radius 2 is 1.55 bits per heavy atom. The van der Waals surface area contributed by atoms with Crippen LogP contribution in [0.15, 0.2) is 84.8 Å². The zero-order valence-electron chi connectivity index (χ0n) is 25.3. The number of hydrogen-bond donors (Lipinski definition) is 2. The molecule has 3 aromatic carbocycles. The van der Waals surface area contributed by atoms with Gasteiger partial charge in [-0.3, -0.25) is 9.11 Å². The lowest BCUT2D eigenvalue weighted by Gasteiger charge is -2.18. The second-order valence-corrected chi connectivity index (χ2v) is 14.0. The molecule has 0 spiro atoms. The van der Waals surface area contributed by atoms with Crippen LogP contribution in [0.4, 0.5) is 18.9 Å². The first-order chi connectivity index (χ1) is 22.1. The molecule has 1 aliphatic heterocycles. The summed E-state index contributed by atoms with van der Waals surface area (Å²) < 4.78 is 115. The van der Waals surface area contributed by atoms with E-state index in [1.54, 1.807) is 38.3 Å². The molecule has 47 heavy (non-hydrogen) atoms. The first-order valence-corrected chi connectivity index (χ1v) is 17.9. The van der Waals surface area contributed by atoms with Gasteiger partial charge in [0.25, 0.3) is 26.1 Å². The second kappa shape index (κ2) is 13.5. The third-order valence-corrected chi connectivity index (χ3v) is 9.25. The number of allylic oxidation sites excluding steroid dienone is 2. The molecule has 0 bridgehead atoms. The lowest BCUT2D eigenvalue weighted by atomic mass is 10.0. The summed E-state index contributed by atoms with van der Waals surface area (Å²) in [4.78, 5) is 1.78. The van der Waals surface area contributed by atoms with Crippen LogP contribution in [-0.4, -0.2) is 48.6 Å². The van der Waals surface area contributed by atoms with Crippen molar-refractivity contribution in [2.45, 2.75) is 39.0 Å². The van der Waals surface area contributed by atoms with Gasteiger partial charge in [-0.25, -0.2) is 9.13 Å². The second-order valence-electron chi connectivity index (χ2n) is 10.9. The maximum Gasteiger partial charge on any atom is 0.416 e. The highest BCUT2D eigenvalue weighted by molar-refractivity contribution is 7.86. The fourth-order valence-corrected chi connectivity index (χ4v) is 6.56. The van der Waals surface area contributed by atoms with Gasteiger partial charge in [-0.05, 0) is 60.9 Å². The smallest absolute Gasteiger partial charge is 0.416 e. The highest BCUT2D eigenvalue weighted by Crippen LogP contribution is 2.42. The molecule has 0 saturated carbocycles. The highest BCUT2D eigenvalue weighted by atomic mass is 32.2. The van der Waals surface area contributed by atoms with Crippen LogP contribution < -0.4 is 14.2 Å². The molecule has 250 valence electrons. The van der Waals surface area contributed by atoms with Gasteiger partial charge in [-0.2, -0.15) is 30.0 Å². The fraction of sp³-hybridized carbons (Fsp3) is 0.281. The van der Waals surface area contributed by atoms with E-state index < -0.39 is 43.5 Å². The van der Waals surface area contributed by atoms with Crippen LogP contribution >= 0.6 is 0 Å². The van der Waals surface area contributed by atoms with Crippen molar-refractivity contribution >= 4 is 43.0 Å². The number of rotatable bonds is 12. The van der Waals surface area contributed by atoms with Crippen molar-refractivity contribution in [3.63, 3.8) is 0 Å². The van der Waals surface area contributed by atoms with E-state index in [-0.39, 0.29) is 31.4 Å². The lowest BCUT2D eigenvalue weighted by molar-refractivity contribution is -0.670. The Kier molecular flexibility index (Phi) is 9.82. The number of benzene rings is 3. The molecular formula is C32H33F3N3O7S2+. The Labute approximate surface area is 270 Å². The van der Waals surface area contributed by atoms with Gasteiger partial charge >= 0.3 is 6.18 Å². The van der Waals surface area contributed by atoms with Crippen molar-refractivity contribution in [1.29, 1.82) is 0 Å². The average molecular weight is 693 g/mol. The summed E-state index contributed by atoms with van der Waals surface area (Å²) in [5, 5.41) is 0. The van der Waals surface area contributed by atoms with Gasteiger partial charge < -0.3 is 9.64 Å². The van der Waals surface area contributed by atoms with Crippen molar-refractivity contribution in [3.8, 4) is 16.9 Å². The molecule has 0 amide bonds. The van der Waals surface area contributed by atoms with Crippen molar-refractivity contribution in [2.75, 3.05) is 23.0 Å². The summed E-state index contributed by atoms with van der Waals surface area (Å²) in [6.07, 6.45) is 0.390. The third kappa shape index (κ3) is 8.22. The number of fused-ring (bicyclic) bond motifs is 2. The Balaban J connectivity index is 1.54. The molecule has 0 aliphatic carbocycles. The first kappa shape index (κ1) is 34.2. The molecule has 1 aromatic heterocycles. The number of nitrogens with zero attached hydrogens (tertiary/aromatic N) is 3. The van der Waals surface area contributed by atoms with Gasteiger partial charge in [-0.15, -0.1) is 0 Å². The molecule has 2 N–H and O–H groups in total. The first-order valence-electron chi connectivity index (χ1n) is 14.7. The van der Waals surface area contributed by atoms with Crippen LogP contribution in [0.2, 0.25) is 0 Å². The summed E-state index contributed by atoms with van der Waals surface area (Å²) in [6.45, 7) is 2.41. The van der Waals surface area contributed by atoms with Gasteiger partial charge in [0.2, 0.25) is 5.88 Å². The molecular weight excluding hydrogens is 659 g/mol. The van der Waals surface area contributed by atoms with Crippen LogP contribution in [0, 0.1) is 0 Å². The minimum atomic E-state index is -4.59. The van der Waals surface area contributed by atoms with Gasteiger partial charge in [-0.1, -0.05) is 36.4 Å². The van der Waals surface area contributed by atoms with Crippen LogP contribution in [0.3, 0.4) is 0 Å². The number of aryl methyl sites for hydroxylation is 2. The average Bonchev–Trinajstić information content (AvgIpc) is 3.49. The number of alkyl halides is 3. The van der Waals surface area contributed by atoms with E-state index in [0.717, 1.165) is 23.3 Å². The van der Waals surface area contributed by atoms with E-state index in [4.69, 9.17) is 4.74 Å². The van der Waals surface area contributed by atoms with Crippen LogP contribution in [-0.2, 0) is 39.5 Å². The Morgan fingerprint density at radius 3 is 2.19 bits per heavy atom. The summed E-state index contributed by atoms with van der Waals surface area (Å²) in [5.41, 5.74) is 2.45. The minimum absolute atomic E-state index is 0.00675. The molecule has 0 fully saturated rings. The Morgan fingerprint density at radius 1 is 0.872 bits per heavy atom. The SMILES string of the molecule is CC[n+]1c(C=CC=C2Oc3ccc(-c4ccccc4)cc3N2CCCS(=O)(=O)O)n(CCCS(=O)(=O)O)c2cc(C(F)(F)F)ccc21. The summed E-state index contributed by atoms with van der Waals surface area (Å²) in [5.74, 6) is 0.335. The monoisotopic (exact) mass is 692 g/mol. The maximum atomic E-state index is 13.6. The van der Waals surface area contributed by atoms with Crippen molar-refractivity contribution < 1.29 is 48.4 Å². The van der Waals surface area contributed by atoms with Crippen molar-refractivity contribution in [2.24, 2.45) is 0 Å². The normalized spacial score (nSPS) is 14.8. The van der Waals surface area contributed by atoms with E-state index in [0.29, 0.717) is 35.2 Å². The summed E-state index contributed by atoms with van der Waals surface area (Å²) >= 11 is 0. The highest BCUT2D eigenvalue weighted by Gasteiger charge is 2.33. The van der Waals surface area contributed by atoms with Gasteiger partial charge in [0, 0.05) is 25.1 Å². The van der Waals surface area contributed by atoms with Gasteiger partial charge in [0.05, 0.1) is 35.8 Å². The number of anilines is 1. The molecule has 10 nitrogen and oxygen atoms in total. The zero-order chi connectivity index (χ0) is 34.0. The number of halogens is 3. The van der Waals surface area contributed by atoms with E-state index in [1.807, 2.05) is 49.4 Å². The van der Waals surface area contributed by atoms with E-state index >= 15 is 0 Å². The summed E-state index contributed by atoms with van der Waals surface area (Å²) in [6, 6.07) is 18.6. The topological polar surface area (TPSA) is 130 Å². The Bertz CT molecular complexity index is 2060. The largest absolute Gasteiger partial charge is 0.439 e.